The second-order valence-electron chi connectivity index (χ2n) is 14.9. The van der Waals surface area contributed by atoms with Crippen molar-refractivity contribution in [2.75, 3.05) is 4.90 Å². The number of furan rings is 1. The summed E-state index contributed by atoms with van der Waals surface area (Å²) in [4.78, 5) is 2.51. The van der Waals surface area contributed by atoms with Crippen LogP contribution in [-0.2, 0) is 10.8 Å². The summed E-state index contributed by atoms with van der Waals surface area (Å²) in [5.41, 5.74) is 18.1. The average molecular weight is 644 g/mol. The van der Waals surface area contributed by atoms with Gasteiger partial charge in [0, 0.05) is 44.0 Å². The van der Waals surface area contributed by atoms with E-state index in [-0.39, 0.29) is 10.8 Å². The summed E-state index contributed by atoms with van der Waals surface area (Å²) < 4.78 is 6.45. The van der Waals surface area contributed by atoms with Crippen LogP contribution in [0.5, 0.6) is 0 Å². The SMILES string of the molecule is CC1(C)c2ccccc2-c2c(N(c3ccc(-c4cccc5c4oc4ccccc45)cc3)c3cccc4c3-c3ccccc3C4(C)C)cccc21. The molecule has 0 saturated carbocycles. The summed E-state index contributed by atoms with van der Waals surface area (Å²) >= 11 is 0. The quantitative estimate of drug-likeness (QED) is 0.190. The van der Waals surface area contributed by atoms with E-state index in [1.807, 2.05) is 6.07 Å². The lowest BCUT2D eigenvalue weighted by molar-refractivity contribution is 0.660. The predicted molar refractivity (Wildman–Crippen MR) is 209 cm³/mol. The summed E-state index contributed by atoms with van der Waals surface area (Å²) in [7, 11) is 0. The molecule has 1 heterocycles. The van der Waals surface area contributed by atoms with Crippen molar-refractivity contribution in [1.29, 1.82) is 0 Å². The molecule has 0 radical (unpaired) electrons. The number of hydrogen-bond acceptors (Lipinski definition) is 2. The van der Waals surface area contributed by atoms with Gasteiger partial charge in [-0.2, -0.15) is 0 Å². The highest BCUT2D eigenvalue weighted by Crippen LogP contribution is 2.58. The van der Waals surface area contributed by atoms with E-state index in [0.717, 1.165) is 38.8 Å². The van der Waals surface area contributed by atoms with Gasteiger partial charge in [-0.3, -0.25) is 0 Å². The van der Waals surface area contributed by atoms with Gasteiger partial charge in [0.15, 0.2) is 0 Å². The molecule has 0 amide bonds. The molecule has 8 aromatic rings. The van der Waals surface area contributed by atoms with Crippen LogP contribution in [0, 0.1) is 0 Å². The summed E-state index contributed by atoms with van der Waals surface area (Å²) in [5.74, 6) is 0. The molecule has 240 valence electrons. The van der Waals surface area contributed by atoms with Crippen molar-refractivity contribution in [3.05, 3.63) is 174 Å². The third-order valence-corrected chi connectivity index (χ3v) is 11.5. The molecule has 0 N–H and O–H groups in total. The Bertz CT molecular complexity index is 2550. The molecular formula is C48H37NO. The normalized spacial score (nSPS) is 14.7. The number of rotatable bonds is 4. The summed E-state index contributed by atoms with van der Waals surface area (Å²) in [6.07, 6.45) is 0. The highest BCUT2D eigenvalue weighted by atomic mass is 16.3. The fraction of sp³-hybridized carbons (Fsp3) is 0.125. The molecule has 10 rings (SSSR count). The van der Waals surface area contributed by atoms with Gasteiger partial charge in [-0.15, -0.1) is 0 Å². The van der Waals surface area contributed by atoms with Crippen LogP contribution in [0.4, 0.5) is 17.1 Å². The molecule has 0 atom stereocenters. The highest BCUT2D eigenvalue weighted by molar-refractivity contribution is 6.09. The van der Waals surface area contributed by atoms with Gasteiger partial charge in [0.05, 0.1) is 11.4 Å². The van der Waals surface area contributed by atoms with E-state index >= 15 is 0 Å². The fourth-order valence-electron chi connectivity index (χ4n) is 9.02. The maximum absolute atomic E-state index is 6.45. The van der Waals surface area contributed by atoms with E-state index in [0.29, 0.717) is 0 Å². The monoisotopic (exact) mass is 643 g/mol. The van der Waals surface area contributed by atoms with E-state index in [1.54, 1.807) is 0 Å². The number of hydrogen-bond donors (Lipinski definition) is 0. The van der Waals surface area contributed by atoms with Gasteiger partial charge in [0.2, 0.25) is 0 Å². The largest absolute Gasteiger partial charge is 0.455 e. The van der Waals surface area contributed by atoms with E-state index < -0.39 is 0 Å². The number of anilines is 3. The number of nitrogens with zero attached hydrogens (tertiary/aromatic N) is 1. The predicted octanol–water partition coefficient (Wildman–Crippen LogP) is 13.3. The van der Waals surface area contributed by atoms with Crippen LogP contribution >= 0.6 is 0 Å². The van der Waals surface area contributed by atoms with Crippen molar-refractivity contribution in [1.82, 2.24) is 0 Å². The van der Waals surface area contributed by atoms with E-state index in [1.165, 1.54) is 55.9 Å². The lowest BCUT2D eigenvalue weighted by atomic mass is 9.82. The first-order chi connectivity index (χ1) is 24.3. The Balaban J connectivity index is 1.22. The van der Waals surface area contributed by atoms with Crippen molar-refractivity contribution >= 4 is 39.0 Å². The fourth-order valence-corrected chi connectivity index (χ4v) is 9.02. The summed E-state index contributed by atoms with van der Waals surface area (Å²) in [6.45, 7) is 9.44. The first-order valence-electron chi connectivity index (χ1n) is 17.6. The van der Waals surface area contributed by atoms with Gasteiger partial charge in [0.25, 0.3) is 0 Å². The Labute approximate surface area is 293 Å². The molecule has 0 bridgehead atoms. The van der Waals surface area contributed by atoms with Gasteiger partial charge in [-0.05, 0) is 69.3 Å². The average Bonchev–Trinajstić information content (AvgIpc) is 3.73. The third-order valence-electron chi connectivity index (χ3n) is 11.5. The van der Waals surface area contributed by atoms with Crippen LogP contribution in [-0.4, -0.2) is 0 Å². The molecule has 0 unspecified atom stereocenters. The lowest BCUT2D eigenvalue weighted by Gasteiger charge is -2.31. The minimum Gasteiger partial charge on any atom is -0.455 e. The van der Waals surface area contributed by atoms with Gasteiger partial charge in [-0.1, -0.05) is 149 Å². The molecule has 2 aliphatic carbocycles. The van der Waals surface area contributed by atoms with E-state index in [4.69, 9.17) is 4.42 Å². The Morgan fingerprint density at radius 2 is 0.900 bits per heavy atom. The molecule has 0 spiro atoms. The summed E-state index contributed by atoms with van der Waals surface area (Å²) in [5, 5.41) is 2.29. The van der Waals surface area contributed by atoms with Gasteiger partial charge >= 0.3 is 0 Å². The van der Waals surface area contributed by atoms with Crippen molar-refractivity contribution in [2.45, 2.75) is 38.5 Å². The topological polar surface area (TPSA) is 16.4 Å². The number of fused-ring (bicyclic) bond motifs is 9. The third kappa shape index (κ3) is 3.91. The Morgan fingerprint density at radius 1 is 0.420 bits per heavy atom. The maximum atomic E-state index is 6.45. The van der Waals surface area contributed by atoms with Crippen LogP contribution in [0.3, 0.4) is 0 Å². The lowest BCUT2D eigenvalue weighted by Crippen LogP contribution is -2.17. The molecule has 0 aliphatic heterocycles. The molecule has 0 saturated heterocycles. The number of para-hydroxylation sites is 2. The van der Waals surface area contributed by atoms with Gasteiger partial charge in [0.1, 0.15) is 11.2 Å². The summed E-state index contributed by atoms with van der Waals surface area (Å²) in [6, 6.07) is 55.5. The minimum atomic E-state index is -0.101. The smallest absolute Gasteiger partial charge is 0.143 e. The first kappa shape index (κ1) is 29.1. The highest BCUT2D eigenvalue weighted by Gasteiger charge is 2.40. The Hall–Kier alpha value is -5.86. The standard InChI is InChI=1S/C48H37NO/c1-47(2)37-19-8-5-15-35(37)44-39(47)21-12-23-41(44)49(42-24-13-22-40-45(42)36-16-6-9-20-38(36)48(40,3)4)31-28-26-30(27-29-31)32-17-11-18-34-33-14-7-10-25-43(33)50-46(32)34/h5-29H,1-4H3. The maximum Gasteiger partial charge on any atom is 0.143 e. The molecule has 50 heavy (non-hydrogen) atoms. The van der Waals surface area contributed by atoms with Crippen molar-refractivity contribution in [2.24, 2.45) is 0 Å². The van der Waals surface area contributed by atoms with Crippen LogP contribution in [0.1, 0.15) is 49.9 Å². The zero-order valence-electron chi connectivity index (χ0n) is 28.8. The van der Waals surface area contributed by atoms with Crippen LogP contribution in [0.25, 0.3) is 55.3 Å². The minimum absolute atomic E-state index is 0.101. The van der Waals surface area contributed by atoms with Crippen LogP contribution in [0.2, 0.25) is 0 Å². The van der Waals surface area contributed by atoms with Crippen LogP contribution < -0.4 is 4.90 Å². The molecule has 7 aromatic carbocycles. The zero-order chi connectivity index (χ0) is 33.8. The van der Waals surface area contributed by atoms with Crippen molar-refractivity contribution in [3.8, 4) is 33.4 Å². The van der Waals surface area contributed by atoms with Crippen molar-refractivity contribution in [3.63, 3.8) is 0 Å². The Morgan fingerprint density at radius 3 is 1.52 bits per heavy atom. The van der Waals surface area contributed by atoms with Gasteiger partial charge < -0.3 is 9.32 Å². The molecular weight excluding hydrogens is 607 g/mol. The second-order valence-corrected chi connectivity index (χ2v) is 14.9. The zero-order valence-corrected chi connectivity index (χ0v) is 28.8. The van der Waals surface area contributed by atoms with Crippen LogP contribution in [0.15, 0.2) is 156 Å². The van der Waals surface area contributed by atoms with Crippen molar-refractivity contribution < 1.29 is 4.42 Å². The molecule has 2 heteroatoms. The van der Waals surface area contributed by atoms with E-state index in [2.05, 4.69) is 178 Å². The van der Waals surface area contributed by atoms with Gasteiger partial charge in [-0.25, -0.2) is 0 Å². The Kier molecular flexibility index (Phi) is 6.01. The number of benzene rings is 7. The molecule has 0 fully saturated rings. The second kappa shape index (κ2) is 10.3. The van der Waals surface area contributed by atoms with E-state index in [9.17, 15) is 0 Å². The molecule has 2 aliphatic rings. The molecule has 1 aromatic heterocycles. The molecule has 2 nitrogen and oxygen atoms in total. The first-order valence-corrected chi connectivity index (χ1v) is 17.6.